The van der Waals surface area contributed by atoms with Crippen LogP contribution >= 0.6 is 0 Å². The van der Waals surface area contributed by atoms with E-state index in [-0.39, 0.29) is 11.9 Å². The average Bonchev–Trinajstić information content (AvgIpc) is 2.76. The quantitative estimate of drug-likeness (QED) is 0.111. The Kier molecular flexibility index (Phi) is 22.0. The molecule has 0 spiro atoms. The minimum absolute atomic E-state index is 0.00926. The lowest BCUT2D eigenvalue weighted by molar-refractivity contribution is -0.145. The van der Waals surface area contributed by atoms with Crippen molar-refractivity contribution in [3.8, 4) is 0 Å². The molecule has 0 rings (SSSR count). The highest BCUT2D eigenvalue weighted by Gasteiger charge is 2.13. The van der Waals surface area contributed by atoms with Gasteiger partial charge >= 0.3 is 11.9 Å². The number of esters is 2. The van der Waals surface area contributed by atoms with E-state index in [9.17, 15) is 9.59 Å². The van der Waals surface area contributed by atoms with E-state index < -0.39 is 0 Å². The highest BCUT2D eigenvalue weighted by molar-refractivity contribution is 5.69. The highest BCUT2D eigenvalue weighted by Crippen LogP contribution is 2.19. The Bertz CT molecular complexity index is 459. The van der Waals surface area contributed by atoms with Crippen molar-refractivity contribution in [2.45, 2.75) is 144 Å². The summed E-state index contributed by atoms with van der Waals surface area (Å²) in [4.78, 5) is 23.7. The Balaban J connectivity index is 3.47. The van der Waals surface area contributed by atoms with Crippen molar-refractivity contribution in [3.05, 3.63) is 0 Å². The Morgan fingerprint density at radius 2 is 1.03 bits per heavy atom. The van der Waals surface area contributed by atoms with Gasteiger partial charge < -0.3 is 9.47 Å². The lowest BCUT2D eigenvalue weighted by Gasteiger charge is -2.14. The standard InChI is InChI=1S/C29H56O4/c1-6-27(24-29(31)33-23-17-19-26(4)5)20-14-12-10-8-7-9-11-13-15-21-28(30)32-22-16-18-25(2)3/h25-27H,6-24H2,1-5H3. The maximum Gasteiger partial charge on any atom is 0.306 e. The average molecular weight is 469 g/mol. The van der Waals surface area contributed by atoms with Crippen LogP contribution < -0.4 is 0 Å². The van der Waals surface area contributed by atoms with E-state index in [0.717, 1.165) is 51.4 Å². The number of hydrogen-bond donors (Lipinski definition) is 0. The third-order valence-corrected chi connectivity index (χ3v) is 6.40. The minimum Gasteiger partial charge on any atom is -0.466 e. The molecule has 4 heteroatoms. The summed E-state index contributed by atoms with van der Waals surface area (Å²) in [6, 6.07) is 0. The zero-order chi connectivity index (χ0) is 24.7. The summed E-state index contributed by atoms with van der Waals surface area (Å²) >= 11 is 0. The number of carbonyl (C=O) groups excluding carboxylic acids is 2. The van der Waals surface area contributed by atoms with Crippen molar-refractivity contribution in [2.24, 2.45) is 17.8 Å². The SMILES string of the molecule is CCC(CCCCCCCCCCCC(=O)OCCCC(C)C)CC(=O)OCCCC(C)C. The number of unbranched alkanes of at least 4 members (excludes halogenated alkanes) is 8. The molecule has 0 radical (unpaired) electrons. The van der Waals surface area contributed by atoms with Gasteiger partial charge in [0.2, 0.25) is 0 Å². The molecule has 0 aromatic rings. The van der Waals surface area contributed by atoms with Gasteiger partial charge in [-0.15, -0.1) is 0 Å². The Morgan fingerprint density at radius 3 is 1.52 bits per heavy atom. The first-order valence-corrected chi connectivity index (χ1v) is 14.2. The fourth-order valence-corrected chi connectivity index (χ4v) is 4.11. The van der Waals surface area contributed by atoms with Crippen LogP contribution in [0.15, 0.2) is 0 Å². The zero-order valence-electron chi connectivity index (χ0n) is 22.8. The van der Waals surface area contributed by atoms with Crippen LogP contribution in [-0.4, -0.2) is 25.2 Å². The second-order valence-corrected chi connectivity index (χ2v) is 10.7. The molecule has 0 aliphatic carbocycles. The van der Waals surface area contributed by atoms with E-state index in [2.05, 4.69) is 34.6 Å². The highest BCUT2D eigenvalue weighted by atomic mass is 16.5. The fraction of sp³-hybridized carbons (Fsp3) is 0.931. The molecule has 0 aromatic heterocycles. The lowest BCUT2D eigenvalue weighted by atomic mass is 9.95. The molecule has 196 valence electrons. The molecule has 0 heterocycles. The first-order valence-electron chi connectivity index (χ1n) is 14.2. The van der Waals surface area contributed by atoms with Crippen LogP contribution in [0.4, 0.5) is 0 Å². The second kappa shape index (κ2) is 22.7. The third kappa shape index (κ3) is 23.9. The summed E-state index contributed by atoms with van der Waals surface area (Å²) in [5.41, 5.74) is 0. The van der Waals surface area contributed by atoms with E-state index in [4.69, 9.17) is 9.47 Å². The first-order chi connectivity index (χ1) is 15.8. The molecule has 0 bridgehead atoms. The molecule has 4 nitrogen and oxygen atoms in total. The molecular weight excluding hydrogens is 412 g/mol. The van der Waals surface area contributed by atoms with Crippen LogP contribution in [0.1, 0.15) is 144 Å². The predicted octanol–water partition coefficient (Wildman–Crippen LogP) is 8.65. The maximum atomic E-state index is 12.0. The molecular formula is C29H56O4. The Labute approximate surface area is 206 Å². The summed E-state index contributed by atoms with van der Waals surface area (Å²) < 4.78 is 10.7. The van der Waals surface area contributed by atoms with Crippen molar-refractivity contribution < 1.29 is 19.1 Å². The smallest absolute Gasteiger partial charge is 0.306 e. The molecule has 0 aromatic carbocycles. The number of hydrogen-bond acceptors (Lipinski definition) is 4. The van der Waals surface area contributed by atoms with Crippen LogP contribution in [0.25, 0.3) is 0 Å². The van der Waals surface area contributed by atoms with Crippen molar-refractivity contribution >= 4 is 11.9 Å². The molecule has 1 unspecified atom stereocenters. The molecule has 0 saturated carbocycles. The maximum absolute atomic E-state index is 12.0. The molecule has 0 aliphatic heterocycles. The van der Waals surface area contributed by atoms with Gasteiger partial charge in [-0.25, -0.2) is 0 Å². The van der Waals surface area contributed by atoms with Crippen molar-refractivity contribution in [2.75, 3.05) is 13.2 Å². The lowest BCUT2D eigenvalue weighted by Crippen LogP contribution is -2.12. The molecule has 0 amide bonds. The molecule has 1 atom stereocenters. The van der Waals surface area contributed by atoms with Gasteiger partial charge in [-0.2, -0.15) is 0 Å². The van der Waals surface area contributed by atoms with E-state index in [1.165, 1.54) is 44.9 Å². The van der Waals surface area contributed by atoms with Crippen molar-refractivity contribution in [3.63, 3.8) is 0 Å². The monoisotopic (exact) mass is 468 g/mol. The molecule has 0 aliphatic rings. The van der Waals surface area contributed by atoms with Gasteiger partial charge in [0.25, 0.3) is 0 Å². The summed E-state index contributed by atoms with van der Waals surface area (Å²) in [5, 5.41) is 0. The number of rotatable bonds is 23. The van der Waals surface area contributed by atoms with E-state index in [1.807, 2.05) is 0 Å². The second-order valence-electron chi connectivity index (χ2n) is 10.7. The molecule has 0 N–H and O–H groups in total. The largest absolute Gasteiger partial charge is 0.466 e. The predicted molar refractivity (Wildman–Crippen MR) is 139 cm³/mol. The van der Waals surface area contributed by atoms with Gasteiger partial charge in [0, 0.05) is 12.8 Å². The fourth-order valence-electron chi connectivity index (χ4n) is 4.11. The zero-order valence-corrected chi connectivity index (χ0v) is 22.8. The van der Waals surface area contributed by atoms with E-state index >= 15 is 0 Å². The number of carbonyl (C=O) groups is 2. The molecule has 0 fully saturated rings. The number of ether oxygens (including phenoxy) is 2. The summed E-state index contributed by atoms with van der Waals surface area (Å²) in [6.07, 6.45) is 18.5. The van der Waals surface area contributed by atoms with Crippen LogP contribution in [0.5, 0.6) is 0 Å². The van der Waals surface area contributed by atoms with Gasteiger partial charge in [0.1, 0.15) is 0 Å². The van der Waals surface area contributed by atoms with Crippen LogP contribution in [0, 0.1) is 17.8 Å². The topological polar surface area (TPSA) is 52.6 Å². The van der Waals surface area contributed by atoms with Crippen molar-refractivity contribution in [1.29, 1.82) is 0 Å². The summed E-state index contributed by atoms with van der Waals surface area (Å²) in [6.45, 7) is 12.1. The van der Waals surface area contributed by atoms with E-state index in [0.29, 0.717) is 43.8 Å². The molecule has 0 saturated heterocycles. The third-order valence-electron chi connectivity index (χ3n) is 6.40. The normalized spacial score (nSPS) is 12.3. The van der Waals surface area contributed by atoms with Crippen LogP contribution in [0.3, 0.4) is 0 Å². The Morgan fingerprint density at radius 1 is 0.576 bits per heavy atom. The van der Waals surface area contributed by atoms with Crippen molar-refractivity contribution in [1.82, 2.24) is 0 Å². The summed E-state index contributed by atoms with van der Waals surface area (Å²) in [5.74, 6) is 1.79. The minimum atomic E-state index is -0.0245. The first kappa shape index (κ1) is 31.9. The van der Waals surface area contributed by atoms with Gasteiger partial charge in [0.15, 0.2) is 0 Å². The van der Waals surface area contributed by atoms with Gasteiger partial charge in [0.05, 0.1) is 13.2 Å². The van der Waals surface area contributed by atoms with Gasteiger partial charge in [-0.3, -0.25) is 9.59 Å². The van der Waals surface area contributed by atoms with Crippen LogP contribution in [0.2, 0.25) is 0 Å². The van der Waals surface area contributed by atoms with Gasteiger partial charge in [-0.05, 0) is 56.3 Å². The Hall–Kier alpha value is -1.06. The summed E-state index contributed by atoms with van der Waals surface area (Å²) in [7, 11) is 0. The van der Waals surface area contributed by atoms with Gasteiger partial charge in [-0.1, -0.05) is 92.4 Å². The molecule has 33 heavy (non-hydrogen) atoms. The van der Waals surface area contributed by atoms with E-state index in [1.54, 1.807) is 0 Å². The van der Waals surface area contributed by atoms with Crippen LogP contribution in [-0.2, 0) is 19.1 Å².